The molecule has 29 heavy (non-hydrogen) atoms. The summed E-state index contributed by atoms with van der Waals surface area (Å²) in [4.78, 5) is 12.6. The fourth-order valence-corrected chi connectivity index (χ4v) is 3.61. The lowest BCUT2D eigenvalue weighted by molar-refractivity contribution is -0.137. The number of alkyl halides is 3. The Morgan fingerprint density at radius 1 is 1.14 bits per heavy atom. The Balaban J connectivity index is 2.00. The van der Waals surface area contributed by atoms with Crippen molar-refractivity contribution in [1.29, 1.82) is 5.26 Å². The zero-order valence-electron chi connectivity index (χ0n) is 16.0. The van der Waals surface area contributed by atoms with Gasteiger partial charge in [0.1, 0.15) is 0 Å². The van der Waals surface area contributed by atoms with Crippen LogP contribution < -0.4 is 10.6 Å². The van der Waals surface area contributed by atoms with Gasteiger partial charge in [0.2, 0.25) is 0 Å². The highest BCUT2D eigenvalue weighted by molar-refractivity contribution is 6.00. The molecule has 0 saturated carbocycles. The van der Waals surface area contributed by atoms with Gasteiger partial charge in [0, 0.05) is 23.4 Å². The van der Waals surface area contributed by atoms with Crippen LogP contribution in [-0.2, 0) is 11.0 Å². The van der Waals surface area contributed by atoms with Crippen molar-refractivity contribution < 1.29 is 18.0 Å². The second-order valence-electron chi connectivity index (χ2n) is 6.92. The zero-order chi connectivity index (χ0) is 21.2. The minimum atomic E-state index is -4.44. The van der Waals surface area contributed by atoms with Gasteiger partial charge in [0.05, 0.1) is 23.2 Å². The molecule has 0 saturated heterocycles. The highest BCUT2D eigenvalue weighted by Gasteiger charge is 2.32. The Morgan fingerprint density at radius 3 is 2.52 bits per heavy atom. The Kier molecular flexibility index (Phi) is 5.76. The van der Waals surface area contributed by atoms with E-state index in [1.807, 2.05) is 6.92 Å². The molecule has 0 aromatic heterocycles. The van der Waals surface area contributed by atoms with Gasteiger partial charge in [-0.1, -0.05) is 12.1 Å². The van der Waals surface area contributed by atoms with E-state index >= 15 is 0 Å². The number of hydrogen-bond acceptors (Lipinski definition) is 4. The Bertz CT molecular complexity index is 1020. The molecule has 2 aromatic carbocycles. The topological polar surface area (TPSA) is 64.9 Å². The first kappa shape index (κ1) is 20.6. The predicted molar refractivity (Wildman–Crippen MR) is 104 cm³/mol. The third kappa shape index (κ3) is 4.33. The molecule has 0 bridgehead atoms. The fraction of sp³-hybridized carbons (Fsp3) is 0.273. The van der Waals surface area contributed by atoms with Crippen molar-refractivity contribution in [2.24, 2.45) is 0 Å². The molecular weight excluding hydrogens is 379 g/mol. The van der Waals surface area contributed by atoms with Gasteiger partial charge in [0.15, 0.2) is 5.78 Å². The molecule has 1 aliphatic rings. The lowest BCUT2D eigenvalue weighted by Gasteiger charge is -2.22. The maximum atomic E-state index is 13.0. The van der Waals surface area contributed by atoms with Crippen LogP contribution in [0.3, 0.4) is 0 Å². The van der Waals surface area contributed by atoms with Crippen LogP contribution in [0.1, 0.15) is 41.1 Å². The number of carbonyl (C=O) groups excluding carboxylic acids is 1. The lowest BCUT2D eigenvalue weighted by atomic mass is 9.92. The molecule has 3 rings (SSSR count). The van der Waals surface area contributed by atoms with E-state index in [2.05, 4.69) is 16.7 Å². The summed E-state index contributed by atoms with van der Waals surface area (Å²) in [5.74, 6) is -0.0532. The van der Waals surface area contributed by atoms with Crippen LogP contribution in [0.5, 0.6) is 0 Å². The number of halogens is 3. The van der Waals surface area contributed by atoms with Crippen LogP contribution in [0.4, 0.5) is 18.9 Å². The monoisotopic (exact) mass is 399 g/mol. The summed E-state index contributed by atoms with van der Waals surface area (Å²) in [6, 6.07) is 11.8. The van der Waals surface area contributed by atoms with Crippen molar-refractivity contribution in [3.05, 3.63) is 76.0 Å². The number of allylic oxidation sites excluding steroid dienone is 1. The number of rotatable bonds is 5. The van der Waals surface area contributed by atoms with Crippen LogP contribution in [0.2, 0.25) is 0 Å². The number of likely N-dealkylation sites (N-methyl/N-ethyl adjacent to an activating group) is 1. The largest absolute Gasteiger partial charge is 0.416 e. The normalized spacial score (nSPS) is 15.4. The van der Waals surface area contributed by atoms with E-state index in [0.717, 1.165) is 23.3 Å². The smallest absolute Gasteiger partial charge is 0.358 e. The zero-order valence-corrected chi connectivity index (χ0v) is 16.0. The molecule has 1 unspecified atom stereocenters. The van der Waals surface area contributed by atoms with E-state index in [1.165, 1.54) is 6.07 Å². The van der Waals surface area contributed by atoms with Gasteiger partial charge in [-0.2, -0.15) is 18.4 Å². The van der Waals surface area contributed by atoms with Gasteiger partial charge >= 0.3 is 6.18 Å². The first-order chi connectivity index (χ1) is 13.7. The molecule has 0 spiro atoms. The van der Waals surface area contributed by atoms with Gasteiger partial charge in [-0.15, -0.1) is 0 Å². The molecular formula is C22H20F3N3O. The van der Waals surface area contributed by atoms with Crippen LogP contribution >= 0.6 is 0 Å². The summed E-state index contributed by atoms with van der Waals surface area (Å²) in [5, 5.41) is 15.2. The van der Waals surface area contributed by atoms with E-state index in [1.54, 1.807) is 31.3 Å². The van der Waals surface area contributed by atoms with Gasteiger partial charge in [-0.25, -0.2) is 0 Å². The molecule has 150 valence electrons. The highest BCUT2D eigenvalue weighted by atomic mass is 19.4. The molecule has 1 aliphatic carbocycles. The van der Waals surface area contributed by atoms with Crippen LogP contribution in [0.15, 0.2) is 53.7 Å². The van der Waals surface area contributed by atoms with E-state index in [9.17, 15) is 18.0 Å². The molecule has 2 aromatic rings. The van der Waals surface area contributed by atoms with E-state index < -0.39 is 17.8 Å². The number of aryl methyl sites for hydroxylation is 1. The number of benzene rings is 2. The average molecular weight is 399 g/mol. The second-order valence-corrected chi connectivity index (χ2v) is 6.92. The third-order valence-corrected chi connectivity index (χ3v) is 5.00. The summed E-state index contributed by atoms with van der Waals surface area (Å²) < 4.78 is 39.0. The quantitative estimate of drug-likeness (QED) is 0.753. The number of hydrogen-bond donors (Lipinski definition) is 2. The van der Waals surface area contributed by atoms with Crippen LogP contribution in [0.25, 0.3) is 0 Å². The summed E-state index contributed by atoms with van der Waals surface area (Å²) in [6.45, 7) is 1.86. The van der Waals surface area contributed by atoms with Gasteiger partial charge in [-0.05, 0) is 61.9 Å². The summed E-state index contributed by atoms with van der Waals surface area (Å²) >= 11 is 0. The lowest BCUT2D eigenvalue weighted by Crippen LogP contribution is -2.24. The average Bonchev–Trinajstić information content (AvgIpc) is 3.03. The first-order valence-corrected chi connectivity index (χ1v) is 9.13. The highest BCUT2D eigenvalue weighted by Crippen LogP contribution is 2.36. The van der Waals surface area contributed by atoms with Crippen molar-refractivity contribution in [3.63, 3.8) is 0 Å². The third-order valence-electron chi connectivity index (χ3n) is 5.00. The second kappa shape index (κ2) is 8.10. The molecule has 1 atom stereocenters. The number of nitrogens with one attached hydrogen (secondary N) is 2. The number of Topliss-reactive ketones (excluding diaryl/α,β-unsaturated/α-hetero) is 1. The maximum Gasteiger partial charge on any atom is 0.416 e. The van der Waals surface area contributed by atoms with Gasteiger partial charge < -0.3 is 10.6 Å². The van der Waals surface area contributed by atoms with E-state index in [4.69, 9.17) is 5.26 Å². The number of nitriles is 1. The molecule has 2 N–H and O–H groups in total. The molecule has 0 radical (unpaired) electrons. The molecule has 0 amide bonds. The van der Waals surface area contributed by atoms with Crippen molar-refractivity contribution in [3.8, 4) is 6.07 Å². The van der Waals surface area contributed by atoms with Crippen molar-refractivity contribution >= 4 is 11.5 Å². The standard InChI is InChI=1S/C22H20F3N3O/c1-13-10-14(12-26)6-7-17(13)21(27-2)20-18(8-9-19(20)29)28-16-5-3-4-15(11-16)22(23,24)25/h3-7,10-11,21,27-28H,8-9H2,1-2H3. The van der Waals surface area contributed by atoms with Crippen LogP contribution in [0, 0.1) is 18.3 Å². The van der Waals surface area contributed by atoms with Gasteiger partial charge in [-0.3, -0.25) is 4.79 Å². The minimum absolute atomic E-state index is 0.0532. The van der Waals surface area contributed by atoms with Crippen molar-refractivity contribution in [2.75, 3.05) is 12.4 Å². The Labute approximate surface area is 167 Å². The summed E-state index contributed by atoms with van der Waals surface area (Å²) in [6.07, 6.45) is -3.71. The Hall–Kier alpha value is -3.11. The maximum absolute atomic E-state index is 13.0. The number of carbonyl (C=O) groups is 1. The van der Waals surface area contributed by atoms with Crippen LogP contribution in [-0.4, -0.2) is 12.8 Å². The SMILES string of the molecule is CNC(C1=C(Nc2cccc(C(F)(F)F)c2)CCC1=O)c1ccc(C#N)cc1C. The van der Waals surface area contributed by atoms with Crippen molar-refractivity contribution in [2.45, 2.75) is 32.0 Å². The minimum Gasteiger partial charge on any atom is -0.358 e. The molecule has 7 heteroatoms. The van der Waals surface area contributed by atoms with E-state index in [-0.39, 0.29) is 11.5 Å². The van der Waals surface area contributed by atoms with E-state index in [0.29, 0.717) is 29.7 Å². The molecule has 0 fully saturated rings. The van der Waals surface area contributed by atoms with Crippen molar-refractivity contribution in [1.82, 2.24) is 5.32 Å². The summed E-state index contributed by atoms with van der Waals surface area (Å²) in [5.41, 5.74) is 2.88. The number of nitrogens with zero attached hydrogens (tertiary/aromatic N) is 1. The predicted octanol–water partition coefficient (Wildman–Crippen LogP) is 4.88. The number of ketones is 1. The number of anilines is 1. The fourth-order valence-electron chi connectivity index (χ4n) is 3.61. The molecule has 0 heterocycles. The van der Waals surface area contributed by atoms with Gasteiger partial charge in [0.25, 0.3) is 0 Å². The first-order valence-electron chi connectivity index (χ1n) is 9.13. The Morgan fingerprint density at radius 2 is 1.90 bits per heavy atom. The molecule has 4 nitrogen and oxygen atoms in total. The summed E-state index contributed by atoms with van der Waals surface area (Å²) in [7, 11) is 1.73. The molecule has 0 aliphatic heterocycles.